The Morgan fingerprint density at radius 3 is 2.64 bits per heavy atom. The molecule has 0 aliphatic heterocycles. The van der Waals surface area contributed by atoms with Gasteiger partial charge in [0.2, 0.25) is 5.24 Å². The maximum Gasteiger partial charge on any atom is 0.221 e. The maximum absolute atomic E-state index is 13.0. The third-order valence-corrected chi connectivity index (χ3v) is 2.75. The molecule has 0 unspecified atom stereocenters. The molecule has 1 aromatic rings. The molecule has 0 N–H and O–H groups in total. The maximum atomic E-state index is 13.0. The van der Waals surface area contributed by atoms with Crippen LogP contribution in [-0.2, 0) is 11.2 Å². The van der Waals surface area contributed by atoms with Gasteiger partial charge in [-0.1, -0.05) is 6.07 Å². The van der Waals surface area contributed by atoms with E-state index in [-0.39, 0.29) is 10.9 Å². The SMILES string of the molecule is O=C(Cl)CCc1ccc(F)c(F)c1Br. The molecule has 0 heterocycles. The second-order valence-corrected chi connectivity index (χ2v) is 3.90. The lowest BCUT2D eigenvalue weighted by Crippen LogP contribution is -1.96. The average Bonchev–Trinajstić information content (AvgIpc) is 2.13. The Morgan fingerprint density at radius 2 is 2.07 bits per heavy atom. The zero-order valence-corrected chi connectivity index (χ0v) is 9.33. The van der Waals surface area contributed by atoms with Gasteiger partial charge in [0, 0.05) is 6.42 Å². The van der Waals surface area contributed by atoms with Gasteiger partial charge in [0.25, 0.3) is 0 Å². The van der Waals surface area contributed by atoms with E-state index in [4.69, 9.17) is 11.6 Å². The number of hydrogen-bond acceptors (Lipinski definition) is 1. The van der Waals surface area contributed by atoms with Gasteiger partial charge in [-0.25, -0.2) is 8.78 Å². The lowest BCUT2D eigenvalue weighted by Gasteiger charge is -2.03. The van der Waals surface area contributed by atoms with Gasteiger partial charge >= 0.3 is 0 Å². The molecule has 1 nitrogen and oxygen atoms in total. The molecule has 0 saturated carbocycles. The number of carbonyl (C=O) groups is 1. The molecule has 0 spiro atoms. The van der Waals surface area contributed by atoms with Gasteiger partial charge in [-0.05, 0) is 45.6 Å². The van der Waals surface area contributed by atoms with Crippen molar-refractivity contribution in [1.82, 2.24) is 0 Å². The van der Waals surface area contributed by atoms with Crippen molar-refractivity contribution < 1.29 is 13.6 Å². The van der Waals surface area contributed by atoms with Crippen molar-refractivity contribution in [2.45, 2.75) is 12.8 Å². The summed E-state index contributed by atoms with van der Waals surface area (Å²) in [6.07, 6.45) is 0.394. The van der Waals surface area contributed by atoms with Crippen LogP contribution in [0.5, 0.6) is 0 Å². The molecule has 0 atom stereocenters. The zero-order chi connectivity index (χ0) is 10.7. The van der Waals surface area contributed by atoms with Crippen molar-refractivity contribution in [2.75, 3.05) is 0 Å². The van der Waals surface area contributed by atoms with E-state index in [0.717, 1.165) is 6.07 Å². The molecule has 0 aliphatic rings. The fourth-order valence-corrected chi connectivity index (χ4v) is 1.61. The Kier molecular flexibility index (Phi) is 4.01. The molecule has 0 fully saturated rings. The second kappa shape index (κ2) is 4.84. The summed E-state index contributed by atoms with van der Waals surface area (Å²) in [7, 11) is 0. The topological polar surface area (TPSA) is 17.1 Å². The van der Waals surface area contributed by atoms with Crippen molar-refractivity contribution in [3.8, 4) is 0 Å². The summed E-state index contributed by atoms with van der Waals surface area (Å²) in [5.74, 6) is -1.86. The van der Waals surface area contributed by atoms with Gasteiger partial charge < -0.3 is 0 Å². The van der Waals surface area contributed by atoms with Gasteiger partial charge in [0.15, 0.2) is 11.6 Å². The van der Waals surface area contributed by atoms with Crippen molar-refractivity contribution >= 4 is 32.8 Å². The van der Waals surface area contributed by atoms with Gasteiger partial charge in [-0.15, -0.1) is 0 Å². The van der Waals surface area contributed by atoms with E-state index in [0.29, 0.717) is 12.0 Å². The summed E-state index contributed by atoms with van der Waals surface area (Å²) in [5.41, 5.74) is 0.526. The van der Waals surface area contributed by atoms with Crippen LogP contribution in [0.1, 0.15) is 12.0 Å². The summed E-state index contributed by atoms with van der Waals surface area (Å²) in [6.45, 7) is 0. The smallest absolute Gasteiger partial charge is 0.221 e. The molecular formula is C9H6BrClF2O. The van der Waals surface area contributed by atoms with Crippen LogP contribution in [0.15, 0.2) is 16.6 Å². The van der Waals surface area contributed by atoms with Crippen LogP contribution in [0.2, 0.25) is 0 Å². The standard InChI is InChI=1S/C9H6BrClF2O/c10-8-5(2-4-7(11)14)1-3-6(12)9(8)13/h1,3H,2,4H2. The van der Waals surface area contributed by atoms with E-state index in [9.17, 15) is 13.6 Å². The monoisotopic (exact) mass is 282 g/mol. The highest BCUT2D eigenvalue weighted by Crippen LogP contribution is 2.24. The van der Waals surface area contributed by atoms with Crippen molar-refractivity contribution in [3.63, 3.8) is 0 Å². The quantitative estimate of drug-likeness (QED) is 0.613. The van der Waals surface area contributed by atoms with Gasteiger partial charge in [-0.2, -0.15) is 0 Å². The molecular weight excluding hydrogens is 277 g/mol. The average molecular weight is 283 g/mol. The Bertz CT molecular complexity index is 368. The van der Waals surface area contributed by atoms with Crippen LogP contribution in [0.25, 0.3) is 0 Å². The number of rotatable bonds is 3. The molecule has 1 rings (SSSR count). The lowest BCUT2D eigenvalue weighted by atomic mass is 10.1. The van der Waals surface area contributed by atoms with E-state index < -0.39 is 16.9 Å². The van der Waals surface area contributed by atoms with Crippen LogP contribution < -0.4 is 0 Å². The number of carbonyl (C=O) groups excluding carboxylic acids is 1. The fourth-order valence-electron chi connectivity index (χ4n) is 0.992. The minimum absolute atomic E-state index is 0.0513. The van der Waals surface area contributed by atoms with Crippen LogP contribution in [0.3, 0.4) is 0 Å². The predicted molar refractivity (Wildman–Crippen MR) is 53.2 cm³/mol. The highest BCUT2D eigenvalue weighted by Gasteiger charge is 2.11. The van der Waals surface area contributed by atoms with Crippen LogP contribution in [0, 0.1) is 11.6 Å². The molecule has 5 heteroatoms. The first kappa shape index (κ1) is 11.6. The molecule has 0 amide bonds. The van der Waals surface area contributed by atoms with Gasteiger partial charge in [0.1, 0.15) is 0 Å². The third-order valence-electron chi connectivity index (χ3n) is 1.71. The second-order valence-electron chi connectivity index (χ2n) is 2.69. The lowest BCUT2D eigenvalue weighted by molar-refractivity contribution is -0.111. The summed E-state index contributed by atoms with van der Waals surface area (Å²) in [6, 6.07) is 2.44. The third kappa shape index (κ3) is 2.75. The van der Waals surface area contributed by atoms with Crippen LogP contribution in [-0.4, -0.2) is 5.24 Å². The summed E-state index contributed by atoms with van der Waals surface area (Å²) in [5, 5.41) is -0.498. The Balaban J connectivity index is 2.88. The summed E-state index contributed by atoms with van der Waals surface area (Å²) < 4.78 is 25.7. The summed E-state index contributed by atoms with van der Waals surface area (Å²) in [4.78, 5) is 10.5. The van der Waals surface area contributed by atoms with Crippen molar-refractivity contribution in [3.05, 3.63) is 33.8 Å². The molecule has 14 heavy (non-hydrogen) atoms. The zero-order valence-electron chi connectivity index (χ0n) is 6.99. The first-order valence-corrected chi connectivity index (χ1v) is 5.00. The number of benzene rings is 1. The highest BCUT2D eigenvalue weighted by molar-refractivity contribution is 9.10. The van der Waals surface area contributed by atoms with E-state index in [1.807, 2.05) is 0 Å². The van der Waals surface area contributed by atoms with E-state index >= 15 is 0 Å². The Morgan fingerprint density at radius 1 is 1.43 bits per heavy atom. The van der Waals surface area contributed by atoms with E-state index in [1.165, 1.54) is 6.07 Å². The minimum atomic E-state index is -0.940. The van der Waals surface area contributed by atoms with Crippen LogP contribution >= 0.6 is 27.5 Å². The van der Waals surface area contributed by atoms with Gasteiger partial charge in [0.05, 0.1) is 4.47 Å². The number of aryl methyl sites for hydroxylation is 1. The number of halogens is 4. The fraction of sp³-hybridized carbons (Fsp3) is 0.222. The molecule has 0 saturated heterocycles. The predicted octanol–water partition coefficient (Wildman–Crippen LogP) is 3.43. The molecule has 0 aliphatic carbocycles. The van der Waals surface area contributed by atoms with Crippen LogP contribution in [0.4, 0.5) is 8.78 Å². The van der Waals surface area contributed by atoms with E-state index in [1.54, 1.807) is 0 Å². The Hall–Kier alpha value is -0.480. The molecule has 0 radical (unpaired) electrons. The normalized spacial score (nSPS) is 10.3. The first-order chi connectivity index (χ1) is 6.52. The van der Waals surface area contributed by atoms with Gasteiger partial charge in [-0.3, -0.25) is 4.79 Å². The molecule has 76 valence electrons. The first-order valence-electron chi connectivity index (χ1n) is 3.83. The Labute approximate surface area is 93.2 Å². The molecule has 0 aromatic heterocycles. The number of hydrogen-bond donors (Lipinski definition) is 0. The molecule has 1 aromatic carbocycles. The van der Waals surface area contributed by atoms with Crippen molar-refractivity contribution in [1.29, 1.82) is 0 Å². The summed E-state index contributed by atoms with van der Waals surface area (Å²) >= 11 is 8.04. The largest absolute Gasteiger partial charge is 0.281 e. The van der Waals surface area contributed by atoms with Crippen molar-refractivity contribution in [2.24, 2.45) is 0 Å². The molecule has 0 bridgehead atoms. The minimum Gasteiger partial charge on any atom is -0.281 e. The highest BCUT2D eigenvalue weighted by atomic mass is 79.9. The van der Waals surface area contributed by atoms with E-state index in [2.05, 4.69) is 15.9 Å².